The highest BCUT2D eigenvalue weighted by Crippen LogP contribution is 2.32. The van der Waals surface area contributed by atoms with E-state index in [1.54, 1.807) is 4.90 Å². The molecule has 3 nitrogen and oxygen atoms in total. The van der Waals surface area contributed by atoms with Crippen molar-refractivity contribution >= 4 is 17.3 Å². The molecule has 0 fully saturated rings. The SMILES string of the molecule is CN(C(=O)c1ccccc1)c1cccc2c1NCCC2. The average molecular weight is 266 g/mol. The molecule has 0 saturated heterocycles. The Morgan fingerprint density at radius 1 is 1.10 bits per heavy atom. The number of rotatable bonds is 2. The second-order valence-electron chi connectivity index (χ2n) is 5.07. The lowest BCUT2D eigenvalue weighted by atomic mass is 10.0. The van der Waals surface area contributed by atoms with Crippen molar-refractivity contribution < 1.29 is 4.79 Å². The molecule has 1 heterocycles. The second kappa shape index (κ2) is 5.37. The number of benzene rings is 2. The summed E-state index contributed by atoms with van der Waals surface area (Å²) < 4.78 is 0. The molecule has 0 spiro atoms. The number of nitrogens with one attached hydrogen (secondary N) is 1. The lowest BCUT2D eigenvalue weighted by molar-refractivity contribution is 0.0993. The van der Waals surface area contributed by atoms with Crippen molar-refractivity contribution in [3.8, 4) is 0 Å². The van der Waals surface area contributed by atoms with E-state index in [1.165, 1.54) is 5.56 Å². The van der Waals surface area contributed by atoms with E-state index in [0.717, 1.165) is 30.8 Å². The van der Waals surface area contributed by atoms with Crippen molar-refractivity contribution in [2.24, 2.45) is 0 Å². The van der Waals surface area contributed by atoms with Crippen molar-refractivity contribution in [2.75, 3.05) is 23.8 Å². The molecule has 0 aromatic heterocycles. The molecule has 0 bridgehead atoms. The lowest BCUT2D eigenvalue weighted by Gasteiger charge is -2.26. The molecule has 102 valence electrons. The van der Waals surface area contributed by atoms with Gasteiger partial charge in [-0.25, -0.2) is 0 Å². The summed E-state index contributed by atoms with van der Waals surface area (Å²) in [4.78, 5) is 14.3. The van der Waals surface area contributed by atoms with Crippen LogP contribution in [0.2, 0.25) is 0 Å². The van der Waals surface area contributed by atoms with Gasteiger partial charge in [0.05, 0.1) is 11.4 Å². The lowest BCUT2D eigenvalue weighted by Crippen LogP contribution is -2.28. The van der Waals surface area contributed by atoms with Crippen LogP contribution < -0.4 is 10.2 Å². The first-order valence-electron chi connectivity index (χ1n) is 6.96. The van der Waals surface area contributed by atoms with Gasteiger partial charge in [0.15, 0.2) is 0 Å². The number of aryl methyl sites for hydroxylation is 1. The van der Waals surface area contributed by atoms with Crippen LogP contribution in [0.1, 0.15) is 22.3 Å². The Labute approximate surface area is 119 Å². The van der Waals surface area contributed by atoms with E-state index in [2.05, 4.69) is 11.4 Å². The number of carbonyl (C=O) groups excluding carboxylic acids is 1. The van der Waals surface area contributed by atoms with Crippen molar-refractivity contribution in [3.63, 3.8) is 0 Å². The molecule has 3 heteroatoms. The van der Waals surface area contributed by atoms with Gasteiger partial charge in [0, 0.05) is 19.2 Å². The summed E-state index contributed by atoms with van der Waals surface area (Å²) in [5.74, 6) is 0.0198. The summed E-state index contributed by atoms with van der Waals surface area (Å²) in [6, 6.07) is 15.5. The van der Waals surface area contributed by atoms with Crippen LogP contribution in [0, 0.1) is 0 Å². The van der Waals surface area contributed by atoms with E-state index in [4.69, 9.17) is 0 Å². The van der Waals surface area contributed by atoms with Crippen LogP contribution in [-0.4, -0.2) is 19.5 Å². The van der Waals surface area contributed by atoms with Crippen LogP contribution in [0.5, 0.6) is 0 Å². The number of anilines is 2. The minimum Gasteiger partial charge on any atom is -0.383 e. The van der Waals surface area contributed by atoms with Gasteiger partial charge in [0.2, 0.25) is 0 Å². The monoisotopic (exact) mass is 266 g/mol. The van der Waals surface area contributed by atoms with Crippen LogP contribution in [0.15, 0.2) is 48.5 Å². The van der Waals surface area contributed by atoms with Gasteiger partial charge in [0.1, 0.15) is 0 Å². The topological polar surface area (TPSA) is 32.3 Å². The summed E-state index contributed by atoms with van der Waals surface area (Å²) in [5, 5.41) is 3.42. The van der Waals surface area contributed by atoms with Crippen LogP contribution in [0.4, 0.5) is 11.4 Å². The van der Waals surface area contributed by atoms with E-state index in [9.17, 15) is 4.79 Å². The number of amides is 1. The summed E-state index contributed by atoms with van der Waals surface area (Å²) in [6.45, 7) is 0.970. The molecule has 0 saturated carbocycles. The molecule has 0 radical (unpaired) electrons. The summed E-state index contributed by atoms with van der Waals surface area (Å²) in [6.07, 6.45) is 2.22. The Morgan fingerprint density at radius 3 is 2.70 bits per heavy atom. The maximum absolute atomic E-state index is 12.5. The standard InChI is InChI=1S/C17H18N2O/c1-19(17(20)14-7-3-2-4-8-14)15-11-5-9-13-10-6-12-18-16(13)15/h2-5,7-9,11,18H,6,10,12H2,1H3. The van der Waals surface area contributed by atoms with Gasteiger partial charge < -0.3 is 10.2 Å². The third-order valence-electron chi connectivity index (χ3n) is 3.74. The van der Waals surface area contributed by atoms with Gasteiger partial charge in [0.25, 0.3) is 5.91 Å². The maximum Gasteiger partial charge on any atom is 0.258 e. The predicted octanol–water partition coefficient (Wildman–Crippen LogP) is 3.32. The first kappa shape index (κ1) is 12.7. The number of nitrogens with zero attached hydrogens (tertiary/aromatic N) is 1. The molecule has 0 atom stereocenters. The molecule has 20 heavy (non-hydrogen) atoms. The third kappa shape index (κ3) is 2.27. The Hall–Kier alpha value is -2.29. The fourth-order valence-electron chi connectivity index (χ4n) is 2.65. The quantitative estimate of drug-likeness (QED) is 0.904. The van der Waals surface area contributed by atoms with Crippen molar-refractivity contribution in [2.45, 2.75) is 12.8 Å². The minimum atomic E-state index is 0.0198. The van der Waals surface area contributed by atoms with Gasteiger partial charge in [-0.2, -0.15) is 0 Å². The van der Waals surface area contributed by atoms with Gasteiger partial charge in [-0.05, 0) is 36.6 Å². The molecule has 1 N–H and O–H groups in total. The summed E-state index contributed by atoms with van der Waals surface area (Å²) in [7, 11) is 1.83. The van der Waals surface area contributed by atoms with E-state index >= 15 is 0 Å². The zero-order valence-electron chi connectivity index (χ0n) is 11.6. The van der Waals surface area contributed by atoms with Crippen molar-refractivity contribution in [1.29, 1.82) is 0 Å². The fourth-order valence-corrected chi connectivity index (χ4v) is 2.65. The highest BCUT2D eigenvalue weighted by molar-refractivity contribution is 6.07. The number of hydrogen-bond donors (Lipinski definition) is 1. The smallest absolute Gasteiger partial charge is 0.258 e. The Bertz CT molecular complexity index is 622. The van der Waals surface area contributed by atoms with Crippen LogP contribution in [-0.2, 0) is 6.42 Å². The number of hydrogen-bond acceptors (Lipinski definition) is 2. The van der Waals surface area contributed by atoms with Gasteiger partial charge in [-0.15, -0.1) is 0 Å². The average Bonchev–Trinajstić information content (AvgIpc) is 2.54. The molecule has 2 aromatic carbocycles. The zero-order chi connectivity index (χ0) is 13.9. The molecule has 1 amide bonds. The molecule has 2 aromatic rings. The van der Waals surface area contributed by atoms with E-state index in [1.807, 2.05) is 49.5 Å². The number of fused-ring (bicyclic) bond motifs is 1. The number of carbonyl (C=O) groups is 1. The summed E-state index contributed by atoms with van der Waals surface area (Å²) in [5.41, 5.74) is 4.06. The molecule has 0 aliphatic carbocycles. The molecule has 1 aliphatic rings. The van der Waals surface area contributed by atoms with Crippen molar-refractivity contribution in [1.82, 2.24) is 0 Å². The highest BCUT2D eigenvalue weighted by Gasteiger charge is 2.19. The van der Waals surface area contributed by atoms with Crippen molar-refractivity contribution in [3.05, 3.63) is 59.7 Å². The van der Waals surface area contributed by atoms with E-state index in [0.29, 0.717) is 5.56 Å². The molecule has 0 unspecified atom stereocenters. The Kier molecular flexibility index (Phi) is 3.42. The number of para-hydroxylation sites is 1. The van der Waals surface area contributed by atoms with Crippen LogP contribution >= 0.6 is 0 Å². The van der Waals surface area contributed by atoms with Gasteiger partial charge >= 0.3 is 0 Å². The predicted molar refractivity (Wildman–Crippen MR) is 82.4 cm³/mol. The van der Waals surface area contributed by atoms with Crippen LogP contribution in [0.25, 0.3) is 0 Å². The van der Waals surface area contributed by atoms with Crippen LogP contribution in [0.3, 0.4) is 0 Å². The minimum absolute atomic E-state index is 0.0198. The Balaban J connectivity index is 1.95. The first-order valence-corrected chi connectivity index (χ1v) is 6.96. The fraction of sp³-hybridized carbons (Fsp3) is 0.235. The van der Waals surface area contributed by atoms with E-state index in [-0.39, 0.29) is 5.91 Å². The van der Waals surface area contributed by atoms with Gasteiger partial charge in [-0.3, -0.25) is 4.79 Å². The zero-order valence-corrected chi connectivity index (χ0v) is 11.6. The second-order valence-corrected chi connectivity index (χ2v) is 5.07. The third-order valence-corrected chi connectivity index (χ3v) is 3.74. The molecular weight excluding hydrogens is 248 g/mol. The largest absolute Gasteiger partial charge is 0.383 e. The molecule has 1 aliphatic heterocycles. The maximum atomic E-state index is 12.5. The van der Waals surface area contributed by atoms with Gasteiger partial charge in [-0.1, -0.05) is 30.3 Å². The highest BCUT2D eigenvalue weighted by atomic mass is 16.2. The van der Waals surface area contributed by atoms with E-state index < -0.39 is 0 Å². The first-order chi connectivity index (χ1) is 9.77. The molecule has 3 rings (SSSR count). The molecular formula is C17H18N2O. The summed E-state index contributed by atoms with van der Waals surface area (Å²) >= 11 is 0. The Morgan fingerprint density at radius 2 is 1.90 bits per heavy atom. The normalized spacial score (nSPS) is 13.2.